The molecule has 1 saturated carbocycles. The highest BCUT2D eigenvalue weighted by atomic mass is 16.3. The number of hydrogen-bond donors (Lipinski definition) is 3. The number of nitrogens with zero attached hydrogens (tertiary/aromatic N) is 2. The fourth-order valence-electron chi connectivity index (χ4n) is 3.53. The Morgan fingerprint density at radius 3 is 2.04 bits per heavy atom. The first kappa shape index (κ1) is 16.3. The molecule has 3 rings (SSSR count). The fraction of sp³-hybridized carbons (Fsp3) is 0.333. The molecule has 0 heterocycles. The summed E-state index contributed by atoms with van der Waals surface area (Å²) in [6.45, 7) is 0. The maximum atomic E-state index is 11.2. The minimum Gasteiger partial charge on any atom is -0.392 e. The zero-order valence-electron chi connectivity index (χ0n) is 13.1. The zero-order chi connectivity index (χ0) is 16.9. The lowest BCUT2D eigenvalue weighted by Gasteiger charge is -2.44. The van der Waals surface area contributed by atoms with Crippen molar-refractivity contribution in [1.29, 1.82) is 5.53 Å². The van der Waals surface area contributed by atoms with Crippen LogP contribution in [0.2, 0.25) is 0 Å². The molecule has 24 heavy (non-hydrogen) atoms. The first-order valence-corrected chi connectivity index (χ1v) is 7.98. The minimum atomic E-state index is -0.735. The number of hydrogen-bond acceptors (Lipinski definition) is 5. The van der Waals surface area contributed by atoms with E-state index in [2.05, 4.69) is 15.8 Å². The van der Waals surface area contributed by atoms with Crippen LogP contribution in [0, 0.1) is 16.4 Å². The SMILES string of the molecule is N=NNC1CC(C(O)C(c2ccccc2)c2ccccc2)C1N=O. The molecule has 124 valence electrons. The van der Waals surface area contributed by atoms with Crippen molar-refractivity contribution in [3.63, 3.8) is 0 Å². The smallest absolute Gasteiger partial charge is 0.119 e. The van der Waals surface area contributed by atoms with Crippen LogP contribution in [0.5, 0.6) is 0 Å². The summed E-state index contributed by atoms with van der Waals surface area (Å²) in [5.41, 5.74) is 11.4. The van der Waals surface area contributed by atoms with E-state index in [9.17, 15) is 10.0 Å². The number of aliphatic hydroxyl groups excluding tert-OH is 1. The highest BCUT2D eigenvalue weighted by molar-refractivity contribution is 5.34. The van der Waals surface area contributed by atoms with Crippen LogP contribution in [-0.4, -0.2) is 23.3 Å². The van der Waals surface area contributed by atoms with Crippen molar-refractivity contribution in [3.8, 4) is 0 Å². The lowest BCUT2D eigenvalue weighted by atomic mass is 9.67. The molecule has 0 aliphatic heterocycles. The number of benzene rings is 2. The van der Waals surface area contributed by atoms with Crippen molar-refractivity contribution in [1.82, 2.24) is 5.43 Å². The van der Waals surface area contributed by atoms with E-state index in [1.807, 2.05) is 60.7 Å². The van der Waals surface area contributed by atoms with Crippen molar-refractivity contribution in [2.24, 2.45) is 16.3 Å². The molecule has 0 aromatic heterocycles. The highest BCUT2D eigenvalue weighted by Gasteiger charge is 2.48. The van der Waals surface area contributed by atoms with Crippen molar-refractivity contribution in [2.75, 3.05) is 0 Å². The monoisotopic (exact) mass is 324 g/mol. The van der Waals surface area contributed by atoms with Gasteiger partial charge in [0.05, 0.1) is 12.1 Å². The predicted molar refractivity (Wildman–Crippen MR) is 90.5 cm³/mol. The first-order valence-electron chi connectivity index (χ1n) is 7.98. The largest absolute Gasteiger partial charge is 0.392 e. The summed E-state index contributed by atoms with van der Waals surface area (Å²) >= 11 is 0. The van der Waals surface area contributed by atoms with Gasteiger partial charge >= 0.3 is 0 Å². The molecule has 4 unspecified atom stereocenters. The zero-order valence-corrected chi connectivity index (χ0v) is 13.1. The predicted octanol–water partition coefficient (Wildman–Crippen LogP) is 3.24. The van der Waals surface area contributed by atoms with E-state index >= 15 is 0 Å². The number of nitroso groups, excluding NO2 is 1. The average molecular weight is 324 g/mol. The average Bonchev–Trinajstić information content (AvgIpc) is 2.60. The van der Waals surface area contributed by atoms with E-state index in [1.54, 1.807) is 0 Å². The molecule has 3 N–H and O–H groups in total. The minimum absolute atomic E-state index is 0.226. The summed E-state index contributed by atoms with van der Waals surface area (Å²) in [5.74, 6) is -0.484. The van der Waals surface area contributed by atoms with Gasteiger partial charge in [-0.15, -0.1) is 0 Å². The number of nitrogens with one attached hydrogen (secondary N) is 2. The van der Waals surface area contributed by atoms with Crippen molar-refractivity contribution in [3.05, 3.63) is 76.7 Å². The molecule has 2 aromatic rings. The lowest BCUT2D eigenvalue weighted by Crippen LogP contribution is -2.57. The summed E-state index contributed by atoms with van der Waals surface area (Å²) in [4.78, 5) is 11.2. The molecule has 1 aliphatic carbocycles. The van der Waals surface area contributed by atoms with Crippen LogP contribution in [0.3, 0.4) is 0 Å². The molecule has 0 radical (unpaired) electrons. The maximum Gasteiger partial charge on any atom is 0.119 e. The summed E-state index contributed by atoms with van der Waals surface area (Å²) in [6, 6.07) is 18.7. The quantitative estimate of drug-likeness (QED) is 0.414. The van der Waals surface area contributed by atoms with Crippen LogP contribution in [0.4, 0.5) is 0 Å². The van der Waals surface area contributed by atoms with Crippen LogP contribution >= 0.6 is 0 Å². The van der Waals surface area contributed by atoms with Gasteiger partial charge in [0.2, 0.25) is 0 Å². The molecule has 0 spiro atoms. The van der Waals surface area contributed by atoms with Gasteiger partial charge in [-0.25, -0.2) is 0 Å². The Balaban J connectivity index is 1.89. The third-order valence-electron chi connectivity index (χ3n) is 4.83. The summed E-state index contributed by atoms with van der Waals surface area (Å²) in [5, 5.41) is 17.3. The molecule has 1 aliphatic rings. The van der Waals surface area contributed by atoms with Crippen LogP contribution in [-0.2, 0) is 0 Å². The van der Waals surface area contributed by atoms with Gasteiger partial charge in [-0.3, -0.25) is 5.43 Å². The molecular weight excluding hydrogens is 304 g/mol. The summed E-state index contributed by atoms with van der Waals surface area (Å²) < 4.78 is 0. The van der Waals surface area contributed by atoms with E-state index in [0.717, 1.165) is 11.1 Å². The van der Waals surface area contributed by atoms with Gasteiger partial charge in [0.25, 0.3) is 0 Å². The Hall–Kier alpha value is -2.60. The summed E-state index contributed by atoms with van der Waals surface area (Å²) in [6.07, 6.45) is -0.169. The molecule has 1 fully saturated rings. The van der Waals surface area contributed by atoms with Crippen LogP contribution in [0.15, 0.2) is 71.1 Å². The molecule has 4 atom stereocenters. The normalized spacial score (nSPS) is 24.0. The van der Waals surface area contributed by atoms with Crippen molar-refractivity contribution < 1.29 is 5.11 Å². The molecule has 6 heteroatoms. The Bertz CT molecular complexity index is 640. The fourth-order valence-corrected chi connectivity index (χ4v) is 3.53. The van der Waals surface area contributed by atoms with Gasteiger partial charge in [-0.1, -0.05) is 71.1 Å². The van der Waals surface area contributed by atoms with Gasteiger partial charge in [0.1, 0.15) is 6.04 Å². The third-order valence-corrected chi connectivity index (χ3v) is 4.83. The summed E-state index contributed by atoms with van der Waals surface area (Å²) in [7, 11) is 0. The molecule has 0 saturated heterocycles. The van der Waals surface area contributed by atoms with E-state index < -0.39 is 12.1 Å². The van der Waals surface area contributed by atoms with E-state index in [4.69, 9.17) is 5.53 Å². The molecule has 0 bridgehead atoms. The number of rotatable bonds is 7. The van der Waals surface area contributed by atoms with Gasteiger partial charge in [-0.2, -0.15) is 10.4 Å². The Labute approximate surface area is 140 Å². The molecule has 0 amide bonds. The second-order valence-corrected chi connectivity index (χ2v) is 6.13. The van der Waals surface area contributed by atoms with Gasteiger partial charge in [0.15, 0.2) is 0 Å². The van der Waals surface area contributed by atoms with Crippen molar-refractivity contribution in [2.45, 2.75) is 30.5 Å². The van der Waals surface area contributed by atoms with Crippen molar-refractivity contribution >= 4 is 0 Å². The second-order valence-electron chi connectivity index (χ2n) is 6.13. The topological polar surface area (TPSA) is 97.9 Å². The van der Waals surface area contributed by atoms with Gasteiger partial charge in [-0.05, 0) is 17.5 Å². The van der Waals surface area contributed by atoms with Gasteiger partial charge < -0.3 is 5.11 Å². The van der Waals surface area contributed by atoms with Crippen LogP contribution < -0.4 is 5.43 Å². The maximum absolute atomic E-state index is 11.2. The Kier molecular flexibility index (Phi) is 4.96. The molecule has 6 nitrogen and oxygen atoms in total. The van der Waals surface area contributed by atoms with E-state index in [1.165, 1.54) is 0 Å². The molecular formula is C18H20N4O2. The van der Waals surface area contributed by atoms with Crippen LogP contribution in [0.25, 0.3) is 0 Å². The van der Waals surface area contributed by atoms with Gasteiger partial charge in [0, 0.05) is 11.8 Å². The van der Waals surface area contributed by atoms with Crippen LogP contribution in [0.1, 0.15) is 23.5 Å². The lowest BCUT2D eigenvalue weighted by molar-refractivity contribution is 0.0126. The van der Waals surface area contributed by atoms with E-state index in [0.29, 0.717) is 6.42 Å². The first-order chi connectivity index (χ1) is 11.8. The molecule has 2 aromatic carbocycles. The van der Waals surface area contributed by atoms with E-state index in [-0.39, 0.29) is 17.9 Å². The standard InChI is InChI=1S/C18H20N4O2/c19-22-20-15-11-14(17(15)21-24)18(23)16(12-7-3-1-4-8-12)13-9-5-2-6-10-13/h1-10,14-18,23H,11H2,(H2,19,20). The highest BCUT2D eigenvalue weighted by Crippen LogP contribution is 2.41. The number of aliphatic hydroxyl groups is 1. The Morgan fingerprint density at radius 1 is 1.04 bits per heavy atom. The third kappa shape index (κ3) is 3.05. The second kappa shape index (κ2) is 7.31. The Morgan fingerprint density at radius 2 is 1.58 bits per heavy atom.